The summed E-state index contributed by atoms with van der Waals surface area (Å²) >= 11 is 0. The van der Waals surface area contributed by atoms with Gasteiger partial charge in [0.05, 0.1) is 5.69 Å². The van der Waals surface area contributed by atoms with Crippen molar-refractivity contribution in [3.05, 3.63) is 41.7 Å². The average Bonchev–Trinajstić information content (AvgIpc) is 2.91. The van der Waals surface area contributed by atoms with Crippen molar-refractivity contribution in [1.29, 1.82) is 0 Å². The maximum atomic E-state index is 6.33. The number of nitrogens with zero attached hydrogens (tertiary/aromatic N) is 4. The van der Waals surface area contributed by atoms with Crippen LogP contribution in [0.1, 0.15) is 50.6 Å². The van der Waals surface area contributed by atoms with Crippen molar-refractivity contribution < 1.29 is 0 Å². The SMILES string of the molecule is CCc1nc(CC)n(C(c2ccccn2)C(N)CC)n1. The predicted molar refractivity (Wildman–Crippen MR) is 79.4 cm³/mol. The highest BCUT2D eigenvalue weighted by molar-refractivity contribution is 5.14. The van der Waals surface area contributed by atoms with Crippen LogP contribution in [0.2, 0.25) is 0 Å². The van der Waals surface area contributed by atoms with Gasteiger partial charge in [-0.25, -0.2) is 9.67 Å². The third-order valence-corrected chi connectivity index (χ3v) is 3.51. The van der Waals surface area contributed by atoms with Gasteiger partial charge < -0.3 is 5.73 Å². The Morgan fingerprint density at radius 3 is 2.55 bits per heavy atom. The molecule has 0 aromatic carbocycles. The summed E-state index contributed by atoms with van der Waals surface area (Å²) in [6, 6.07) is 5.83. The molecule has 2 atom stereocenters. The molecule has 2 rings (SSSR count). The quantitative estimate of drug-likeness (QED) is 0.875. The van der Waals surface area contributed by atoms with E-state index in [9.17, 15) is 0 Å². The lowest BCUT2D eigenvalue weighted by atomic mass is 10.0. The van der Waals surface area contributed by atoms with Crippen LogP contribution in [0.25, 0.3) is 0 Å². The van der Waals surface area contributed by atoms with Gasteiger partial charge in [0.1, 0.15) is 11.9 Å². The molecule has 0 radical (unpaired) electrons. The van der Waals surface area contributed by atoms with E-state index < -0.39 is 0 Å². The number of aryl methyl sites for hydroxylation is 2. The molecule has 0 spiro atoms. The molecule has 5 heteroatoms. The maximum Gasteiger partial charge on any atom is 0.150 e. The Kier molecular flexibility index (Phi) is 4.84. The minimum absolute atomic E-state index is 0.0263. The predicted octanol–water partition coefficient (Wildman–Crippen LogP) is 2.12. The number of hydrogen-bond donors (Lipinski definition) is 1. The number of pyridine rings is 1. The van der Waals surface area contributed by atoms with Gasteiger partial charge >= 0.3 is 0 Å². The van der Waals surface area contributed by atoms with Crippen LogP contribution in [-0.4, -0.2) is 25.8 Å². The Hall–Kier alpha value is -1.75. The fourth-order valence-electron chi connectivity index (χ4n) is 2.32. The van der Waals surface area contributed by atoms with E-state index in [0.29, 0.717) is 0 Å². The third kappa shape index (κ3) is 2.88. The summed E-state index contributed by atoms with van der Waals surface area (Å²) in [6.07, 6.45) is 4.34. The number of aromatic nitrogens is 4. The van der Waals surface area contributed by atoms with Crippen molar-refractivity contribution in [2.45, 2.75) is 52.1 Å². The van der Waals surface area contributed by atoms with E-state index in [2.05, 4.69) is 35.8 Å². The largest absolute Gasteiger partial charge is 0.326 e. The standard InChI is InChI=1S/C15H23N5/c1-4-11(16)15(12-9-7-8-10-17-12)20-14(6-3)18-13(5-2)19-20/h7-11,15H,4-6,16H2,1-3H3. The second-order valence-corrected chi connectivity index (χ2v) is 4.87. The summed E-state index contributed by atoms with van der Waals surface area (Å²) in [5.74, 6) is 1.84. The first-order chi connectivity index (χ1) is 9.71. The molecule has 0 aliphatic heterocycles. The lowest BCUT2D eigenvalue weighted by Crippen LogP contribution is -2.34. The Morgan fingerprint density at radius 2 is 2.00 bits per heavy atom. The van der Waals surface area contributed by atoms with Gasteiger partial charge in [0.15, 0.2) is 5.82 Å². The van der Waals surface area contributed by atoms with Crippen LogP contribution in [0, 0.1) is 0 Å². The zero-order valence-electron chi connectivity index (χ0n) is 12.5. The fourth-order valence-corrected chi connectivity index (χ4v) is 2.32. The molecule has 2 aromatic rings. The molecule has 5 nitrogen and oxygen atoms in total. The molecule has 0 saturated heterocycles. The van der Waals surface area contributed by atoms with E-state index in [1.807, 2.05) is 22.9 Å². The smallest absolute Gasteiger partial charge is 0.150 e. The van der Waals surface area contributed by atoms with Crippen LogP contribution >= 0.6 is 0 Å². The summed E-state index contributed by atoms with van der Waals surface area (Å²) in [4.78, 5) is 9.05. The zero-order valence-corrected chi connectivity index (χ0v) is 12.5. The average molecular weight is 273 g/mol. The zero-order chi connectivity index (χ0) is 14.5. The summed E-state index contributed by atoms with van der Waals surface area (Å²) in [6.45, 7) is 6.24. The lowest BCUT2D eigenvalue weighted by molar-refractivity contribution is 0.402. The van der Waals surface area contributed by atoms with Gasteiger partial charge in [-0.2, -0.15) is 5.10 Å². The highest BCUT2D eigenvalue weighted by Crippen LogP contribution is 2.22. The Morgan fingerprint density at radius 1 is 1.20 bits per heavy atom. The first-order valence-corrected chi connectivity index (χ1v) is 7.32. The molecule has 0 amide bonds. The fraction of sp³-hybridized carbons (Fsp3) is 0.533. The molecule has 0 fully saturated rings. The molecule has 108 valence electrons. The van der Waals surface area contributed by atoms with E-state index in [1.165, 1.54) is 0 Å². The van der Waals surface area contributed by atoms with Crippen LogP contribution in [-0.2, 0) is 12.8 Å². The number of nitrogens with two attached hydrogens (primary N) is 1. The number of rotatable bonds is 6. The van der Waals surface area contributed by atoms with Crippen molar-refractivity contribution in [2.75, 3.05) is 0 Å². The molecular weight excluding hydrogens is 250 g/mol. The molecule has 2 unspecified atom stereocenters. The van der Waals surface area contributed by atoms with Crippen molar-refractivity contribution in [1.82, 2.24) is 19.7 Å². The summed E-state index contributed by atoms with van der Waals surface area (Å²) in [7, 11) is 0. The topological polar surface area (TPSA) is 69.6 Å². The Labute approximate surface area is 120 Å². The van der Waals surface area contributed by atoms with Gasteiger partial charge in [-0.3, -0.25) is 4.98 Å². The second kappa shape index (κ2) is 6.61. The van der Waals surface area contributed by atoms with Gasteiger partial charge in [-0.15, -0.1) is 0 Å². The van der Waals surface area contributed by atoms with Crippen LogP contribution in [0.3, 0.4) is 0 Å². The highest BCUT2D eigenvalue weighted by atomic mass is 15.4. The molecular formula is C15H23N5. The Balaban J connectivity index is 2.49. The van der Waals surface area contributed by atoms with Crippen molar-refractivity contribution >= 4 is 0 Å². The van der Waals surface area contributed by atoms with Gasteiger partial charge in [0.2, 0.25) is 0 Å². The van der Waals surface area contributed by atoms with E-state index in [0.717, 1.165) is 36.6 Å². The molecule has 20 heavy (non-hydrogen) atoms. The van der Waals surface area contributed by atoms with Crippen LogP contribution in [0.4, 0.5) is 0 Å². The van der Waals surface area contributed by atoms with Crippen molar-refractivity contribution in [3.8, 4) is 0 Å². The molecule has 2 N–H and O–H groups in total. The minimum atomic E-state index is -0.0519. The Bertz CT molecular complexity index is 534. The van der Waals surface area contributed by atoms with E-state index in [4.69, 9.17) is 5.73 Å². The first-order valence-electron chi connectivity index (χ1n) is 7.32. The van der Waals surface area contributed by atoms with Gasteiger partial charge in [0.25, 0.3) is 0 Å². The van der Waals surface area contributed by atoms with E-state index >= 15 is 0 Å². The van der Waals surface area contributed by atoms with E-state index in [-0.39, 0.29) is 12.1 Å². The molecule has 2 aromatic heterocycles. The van der Waals surface area contributed by atoms with Crippen molar-refractivity contribution in [3.63, 3.8) is 0 Å². The first kappa shape index (κ1) is 14.7. The normalized spacial score (nSPS) is 14.2. The lowest BCUT2D eigenvalue weighted by Gasteiger charge is -2.24. The third-order valence-electron chi connectivity index (χ3n) is 3.51. The highest BCUT2D eigenvalue weighted by Gasteiger charge is 2.25. The summed E-state index contributed by atoms with van der Waals surface area (Å²) in [5, 5.41) is 4.63. The van der Waals surface area contributed by atoms with Gasteiger partial charge in [0, 0.05) is 25.1 Å². The van der Waals surface area contributed by atoms with Crippen LogP contribution in [0.15, 0.2) is 24.4 Å². The molecule has 0 aliphatic carbocycles. The summed E-state index contributed by atoms with van der Waals surface area (Å²) in [5.41, 5.74) is 7.28. The van der Waals surface area contributed by atoms with Gasteiger partial charge in [-0.05, 0) is 18.6 Å². The number of hydrogen-bond acceptors (Lipinski definition) is 4. The minimum Gasteiger partial charge on any atom is -0.326 e. The summed E-state index contributed by atoms with van der Waals surface area (Å²) < 4.78 is 1.97. The van der Waals surface area contributed by atoms with E-state index in [1.54, 1.807) is 6.20 Å². The monoisotopic (exact) mass is 273 g/mol. The van der Waals surface area contributed by atoms with Crippen LogP contribution in [0.5, 0.6) is 0 Å². The molecule has 0 saturated carbocycles. The van der Waals surface area contributed by atoms with Crippen molar-refractivity contribution in [2.24, 2.45) is 5.73 Å². The maximum absolute atomic E-state index is 6.33. The second-order valence-electron chi connectivity index (χ2n) is 4.87. The van der Waals surface area contributed by atoms with Crippen LogP contribution < -0.4 is 5.73 Å². The molecule has 0 bridgehead atoms. The molecule has 2 heterocycles. The van der Waals surface area contributed by atoms with Gasteiger partial charge in [-0.1, -0.05) is 26.8 Å². The molecule has 0 aliphatic rings.